The molecule has 0 aliphatic heterocycles. The highest BCUT2D eigenvalue weighted by Gasteiger charge is 2.18. The van der Waals surface area contributed by atoms with Crippen LogP contribution in [0.15, 0.2) is 122 Å². The van der Waals surface area contributed by atoms with Gasteiger partial charge < -0.3 is 15.5 Å². The third kappa shape index (κ3) is 59.5. The number of carbonyl (C=O) groups excluding carboxylic acids is 1. The van der Waals surface area contributed by atoms with E-state index in [1.54, 1.807) is 6.08 Å². The Morgan fingerprint density at radius 1 is 0.342 bits per heavy atom. The van der Waals surface area contributed by atoms with Crippen LogP contribution in [-0.2, 0) is 4.79 Å². The van der Waals surface area contributed by atoms with Gasteiger partial charge in [-0.3, -0.25) is 4.79 Å². The van der Waals surface area contributed by atoms with Crippen LogP contribution in [0.1, 0.15) is 290 Å². The van der Waals surface area contributed by atoms with Gasteiger partial charge in [0.05, 0.1) is 18.8 Å². The molecule has 0 aromatic heterocycles. The summed E-state index contributed by atoms with van der Waals surface area (Å²) in [6.07, 6.45) is 96.7. The molecule has 1 amide bonds. The second kappa shape index (κ2) is 63.1. The fraction of sp³-hybridized carbons (Fsp3) is 0.696. The highest BCUT2D eigenvalue weighted by molar-refractivity contribution is 5.76. The first-order valence-corrected chi connectivity index (χ1v) is 31.2. The van der Waals surface area contributed by atoms with E-state index in [1.807, 2.05) is 6.08 Å². The molecule has 0 fully saturated rings. The maximum atomic E-state index is 12.5. The summed E-state index contributed by atoms with van der Waals surface area (Å²) in [7, 11) is 0. The Morgan fingerprint density at radius 3 is 0.959 bits per heavy atom. The number of carbonyl (C=O) groups is 1. The Bertz CT molecular complexity index is 1420. The van der Waals surface area contributed by atoms with Crippen LogP contribution in [0.2, 0.25) is 0 Å². The molecule has 0 spiro atoms. The van der Waals surface area contributed by atoms with E-state index in [0.717, 1.165) is 89.9 Å². The zero-order valence-corrected chi connectivity index (χ0v) is 48.1. The van der Waals surface area contributed by atoms with Gasteiger partial charge in [-0.25, -0.2) is 0 Å². The van der Waals surface area contributed by atoms with Crippen LogP contribution in [0.3, 0.4) is 0 Å². The molecule has 2 unspecified atom stereocenters. The van der Waals surface area contributed by atoms with Gasteiger partial charge in [-0.05, 0) is 96.3 Å². The van der Waals surface area contributed by atoms with E-state index in [4.69, 9.17) is 0 Å². The lowest BCUT2D eigenvalue weighted by Gasteiger charge is -2.19. The molecular weight excluding hydrogens is 891 g/mol. The number of hydrogen-bond donors (Lipinski definition) is 3. The maximum Gasteiger partial charge on any atom is 0.220 e. The van der Waals surface area contributed by atoms with E-state index in [-0.39, 0.29) is 12.5 Å². The summed E-state index contributed by atoms with van der Waals surface area (Å²) in [5.41, 5.74) is 0. The Labute approximate surface area is 454 Å². The molecule has 0 bridgehead atoms. The van der Waals surface area contributed by atoms with Gasteiger partial charge in [0.2, 0.25) is 5.91 Å². The van der Waals surface area contributed by atoms with Gasteiger partial charge in [-0.2, -0.15) is 0 Å². The van der Waals surface area contributed by atoms with Gasteiger partial charge in [0.1, 0.15) is 0 Å². The summed E-state index contributed by atoms with van der Waals surface area (Å²) in [5, 5.41) is 23.2. The maximum absolute atomic E-state index is 12.5. The Balaban J connectivity index is 3.59. The zero-order chi connectivity index (χ0) is 52.7. The first kappa shape index (κ1) is 69.8. The summed E-state index contributed by atoms with van der Waals surface area (Å²) >= 11 is 0. The Kier molecular flexibility index (Phi) is 60.3. The number of aliphatic hydroxyl groups excluding tert-OH is 2. The first-order valence-electron chi connectivity index (χ1n) is 31.2. The second-order valence-electron chi connectivity index (χ2n) is 20.7. The largest absolute Gasteiger partial charge is 0.394 e. The lowest BCUT2D eigenvalue weighted by atomic mass is 10.0. The van der Waals surface area contributed by atoms with Crippen molar-refractivity contribution in [3.05, 3.63) is 122 Å². The van der Waals surface area contributed by atoms with Crippen LogP contribution >= 0.6 is 0 Å². The smallest absolute Gasteiger partial charge is 0.220 e. The molecule has 0 aliphatic carbocycles. The predicted octanol–water partition coefficient (Wildman–Crippen LogP) is 21.2. The minimum atomic E-state index is -0.873. The molecule has 4 heteroatoms. The summed E-state index contributed by atoms with van der Waals surface area (Å²) in [5.74, 6) is -0.0809. The molecule has 418 valence electrons. The van der Waals surface area contributed by atoms with Crippen molar-refractivity contribution in [3.8, 4) is 0 Å². The van der Waals surface area contributed by atoms with Crippen LogP contribution < -0.4 is 5.32 Å². The molecule has 3 N–H and O–H groups in total. The molecule has 0 saturated heterocycles. The van der Waals surface area contributed by atoms with E-state index in [1.165, 1.54) is 180 Å². The number of hydrogen-bond acceptors (Lipinski definition) is 3. The Morgan fingerprint density at radius 2 is 0.616 bits per heavy atom. The van der Waals surface area contributed by atoms with E-state index >= 15 is 0 Å². The standard InChI is InChI=1S/C69H119NO3/c1-3-5-7-9-11-13-15-17-19-21-23-25-27-29-31-32-33-34-35-36-37-38-39-41-43-45-47-49-51-53-55-57-59-61-63-65-69(73)70-67(66-71)68(72)64-62-60-58-56-54-52-50-48-46-44-42-40-30-28-26-24-22-20-18-16-14-12-10-8-6-4-2/h5,7,11,13,17,19,23,25,29,31,33-34,36-37,39,41,54,56,62,64,67-68,71-72H,3-4,6,8-10,12,14-16,18,20-22,24,26-28,30,32,35,38,40,42-53,55,57-61,63,65-66H2,1-2H3,(H,70,73)/b7-5-,13-11-,19-17-,25-23-,31-29-,34-33-,37-36-,41-39-,56-54+,64-62+. The molecule has 0 aromatic rings. The topological polar surface area (TPSA) is 69.6 Å². The third-order valence-electron chi connectivity index (χ3n) is 13.7. The van der Waals surface area contributed by atoms with Crippen LogP contribution in [-0.4, -0.2) is 34.9 Å². The lowest BCUT2D eigenvalue weighted by molar-refractivity contribution is -0.123. The van der Waals surface area contributed by atoms with Gasteiger partial charge in [0.25, 0.3) is 0 Å². The van der Waals surface area contributed by atoms with Crippen LogP contribution in [0.4, 0.5) is 0 Å². The van der Waals surface area contributed by atoms with Crippen LogP contribution in [0.5, 0.6) is 0 Å². The van der Waals surface area contributed by atoms with Crippen LogP contribution in [0, 0.1) is 0 Å². The summed E-state index contributed by atoms with van der Waals surface area (Å²) in [6, 6.07) is -0.651. The van der Waals surface area contributed by atoms with Crippen molar-refractivity contribution < 1.29 is 15.0 Å². The quantitative estimate of drug-likeness (QED) is 0.0420. The number of allylic oxidation sites excluding steroid dienone is 19. The SMILES string of the molecule is CC/C=C\C/C=C\C/C=C\C/C=C\C/C=C\C/C=C\C/C=C\C/C=C\CCCCCCCCCCCCC(=O)NC(CO)C(O)/C=C/CC/C=C/CCCCCCCCCCCCCCCCCCCCCC. The first-order chi connectivity index (χ1) is 36.2. The minimum absolute atomic E-state index is 0.0809. The molecule has 0 radical (unpaired) electrons. The third-order valence-corrected chi connectivity index (χ3v) is 13.7. The average Bonchev–Trinajstić information content (AvgIpc) is 3.40. The number of unbranched alkanes of at least 4 members (excludes halogenated alkanes) is 31. The van der Waals surface area contributed by atoms with Gasteiger partial charge in [0.15, 0.2) is 0 Å². The molecule has 0 aromatic carbocycles. The van der Waals surface area contributed by atoms with E-state index in [0.29, 0.717) is 6.42 Å². The van der Waals surface area contributed by atoms with Gasteiger partial charge in [0, 0.05) is 6.42 Å². The average molecular weight is 1010 g/mol. The normalized spacial score (nSPS) is 13.6. The second-order valence-corrected chi connectivity index (χ2v) is 20.7. The monoisotopic (exact) mass is 1010 g/mol. The van der Waals surface area contributed by atoms with Crippen molar-refractivity contribution in [2.45, 2.75) is 302 Å². The molecule has 2 atom stereocenters. The van der Waals surface area contributed by atoms with Crippen LogP contribution in [0.25, 0.3) is 0 Å². The van der Waals surface area contributed by atoms with Gasteiger partial charge >= 0.3 is 0 Å². The van der Waals surface area contributed by atoms with Crippen molar-refractivity contribution in [2.24, 2.45) is 0 Å². The summed E-state index contributed by atoms with van der Waals surface area (Å²) < 4.78 is 0. The highest BCUT2D eigenvalue weighted by atomic mass is 16.3. The van der Waals surface area contributed by atoms with E-state index in [9.17, 15) is 15.0 Å². The molecule has 0 saturated carbocycles. The Hall–Kier alpha value is -3.21. The highest BCUT2D eigenvalue weighted by Crippen LogP contribution is 2.16. The number of aliphatic hydroxyl groups is 2. The number of rotatable bonds is 56. The van der Waals surface area contributed by atoms with E-state index in [2.05, 4.69) is 129 Å². The van der Waals surface area contributed by atoms with Crippen molar-refractivity contribution in [2.75, 3.05) is 6.61 Å². The predicted molar refractivity (Wildman–Crippen MR) is 326 cm³/mol. The van der Waals surface area contributed by atoms with E-state index < -0.39 is 12.1 Å². The fourth-order valence-electron chi connectivity index (χ4n) is 8.98. The van der Waals surface area contributed by atoms with Crippen molar-refractivity contribution >= 4 is 5.91 Å². The zero-order valence-electron chi connectivity index (χ0n) is 48.1. The lowest BCUT2D eigenvalue weighted by Crippen LogP contribution is -2.45. The molecule has 0 aliphatic rings. The summed E-state index contributed by atoms with van der Waals surface area (Å²) in [4.78, 5) is 12.5. The minimum Gasteiger partial charge on any atom is -0.394 e. The van der Waals surface area contributed by atoms with Crippen molar-refractivity contribution in [1.82, 2.24) is 5.32 Å². The van der Waals surface area contributed by atoms with Gasteiger partial charge in [-0.1, -0.05) is 309 Å². The molecule has 4 nitrogen and oxygen atoms in total. The van der Waals surface area contributed by atoms with Gasteiger partial charge in [-0.15, -0.1) is 0 Å². The number of nitrogens with one attached hydrogen (secondary N) is 1. The van der Waals surface area contributed by atoms with Crippen molar-refractivity contribution in [3.63, 3.8) is 0 Å². The molecular formula is C69H119NO3. The fourth-order valence-corrected chi connectivity index (χ4v) is 8.98. The molecule has 0 rings (SSSR count). The molecule has 0 heterocycles. The number of amides is 1. The van der Waals surface area contributed by atoms with Crippen molar-refractivity contribution in [1.29, 1.82) is 0 Å². The molecule has 73 heavy (non-hydrogen) atoms. The summed E-state index contributed by atoms with van der Waals surface area (Å²) in [6.45, 7) is 4.20.